The Hall–Kier alpha value is -6.50. The molecule has 10 rings (SSSR count). The molecule has 18 heteroatoms. The number of nitrogens with one attached hydrogen (secondary N) is 3. The topological polar surface area (TPSA) is 213 Å². The van der Waals surface area contributed by atoms with E-state index in [1.54, 1.807) is 11.0 Å². The van der Waals surface area contributed by atoms with Crippen LogP contribution >= 0.6 is 0 Å². The number of hydrogen-bond donors (Lipinski definition) is 5. The van der Waals surface area contributed by atoms with Gasteiger partial charge in [-0.25, -0.2) is 19.3 Å². The van der Waals surface area contributed by atoms with Crippen molar-refractivity contribution < 1.29 is 38.6 Å². The minimum atomic E-state index is -0.954. The minimum absolute atomic E-state index is 0.0300. The van der Waals surface area contributed by atoms with Crippen molar-refractivity contribution in [3.63, 3.8) is 0 Å². The molecule has 5 fully saturated rings. The molecular formula is C53H65BN8O9. The number of nitrogens with zero attached hydrogens (tertiary/aromatic N) is 5. The van der Waals surface area contributed by atoms with E-state index in [0.29, 0.717) is 67.8 Å². The number of aromatic nitrogens is 4. The summed E-state index contributed by atoms with van der Waals surface area (Å²) in [4.78, 5) is 62.7. The maximum Gasteiger partial charge on any atom is 0.481 e. The van der Waals surface area contributed by atoms with E-state index in [4.69, 9.17) is 14.0 Å². The fourth-order valence-corrected chi connectivity index (χ4v) is 11.2. The van der Waals surface area contributed by atoms with Gasteiger partial charge in [0, 0.05) is 51.4 Å². The van der Waals surface area contributed by atoms with Crippen LogP contribution in [0.25, 0.3) is 17.1 Å². The standard InChI is InChI=1S/C53H65BN8O9/c1-31(2)21-46(54-70-45-25-36-24-44(52(36,5)6)53(45,7)71-54)57-49(66)41(22-33-11-9-8-10-12-33)56-48(65)35-23-38(29-55-28-35)69-51(68)61-19-17-60(18-20-61)30-34-13-15-37(16-14-34)62-47(58-59-50(62)67)40-26-39(32(3)4)42(63)27-43(40)64/h8-16,23,26-29,31-32,36,41,44-46,63-64H,17-22,24-25,30H2,1-7H3,(H,56,65)(H,57,66)(H,59,67)/t36-,41?,44-,45+,46-,53-/m0/s1. The van der Waals surface area contributed by atoms with Crippen LogP contribution in [0.4, 0.5) is 4.79 Å². The fourth-order valence-electron chi connectivity index (χ4n) is 11.2. The highest BCUT2D eigenvalue weighted by atomic mass is 16.7. The van der Waals surface area contributed by atoms with Gasteiger partial charge in [-0.3, -0.25) is 19.5 Å². The van der Waals surface area contributed by atoms with Crippen molar-refractivity contribution in [1.82, 2.24) is 40.2 Å². The number of amides is 3. The third-order valence-electron chi connectivity index (χ3n) is 15.3. The molecule has 2 saturated heterocycles. The predicted molar refractivity (Wildman–Crippen MR) is 267 cm³/mol. The van der Waals surface area contributed by atoms with E-state index in [0.717, 1.165) is 24.0 Å². The van der Waals surface area contributed by atoms with E-state index in [1.165, 1.54) is 29.1 Å². The molecule has 0 radical (unpaired) electrons. The Morgan fingerprint density at radius 1 is 0.901 bits per heavy atom. The number of piperazine rings is 1. The monoisotopic (exact) mass is 968 g/mol. The third kappa shape index (κ3) is 10.2. The van der Waals surface area contributed by atoms with Crippen LogP contribution in [0.3, 0.4) is 0 Å². The number of H-pyrrole nitrogens is 1. The molecule has 3 saturated carbocycles. The zero-order chi connectivity index (χ0) is 50.4. The zero-order valence-corrected chi connectivity index (χ0v) is 41.6. The molecule has 374 valence electrons. The molecule has 3 amide bonds. The van der Waals surface area contributed by atoms with Gasteiger partial charge in [0.05, 0.1) is 40.7 Å². The highest BCUT2D eigenvalue weighted by Gasteiger charge is 2.68. The summed E-state index contributed by atoms with van der Waals surface area (Å²) in [6.45, 7) is 17.4. The number of hydrogen-bond acceptors (Lipinski definition) is 12. The summed E-state index contributed by atoms with van der Waals surface area (Å²) < 4.78 is 20.6. The van der Waals surface area contributed by atoms with Crippen LogP contribution < -0.4 is 21.1 Å². The normalized spacial score (nSPS) is 22.4. The molecule has 3 aliphatic carbocycles. The summed E-state index contributed by atoms with van der Waals surface area (Å²) in [7, 11) is -0.621. The number of phenolic OH excluding ortho intramolecular Hbond substituents is 2. The van der Waals surface area contributed by atoms with Gasteiger partial charge in [-0.2, -0.15) is 5.10 Å². The number of phenols is 2. The van der Waals surface area contributed by atoms with Crippen LogP contribution in [0.15, 0.2) is 90.0 Å². The van der Waals surface area contributed by atoms with E-state index < -0.39 is 42.4 Å². The molecule has 71 heavy (non-hydrogen) atoms. The number of ether oxygens (including phenoxy) is 1. The highest BCUT2D eigenvalue weighted by Crippen LogP contribution is 2.65. The third-order valence-corrected chi connectivity index (χ3v) is 15.3. The lowest BCUT2D eigenvalue weighted by Crippen LogP contribution is -2.65. The molecule has 2 aromatic heterocycles. The van der Waals surface area contributed by atoms with E-state index in [-0.39, 0.29) is 64.3 Å². The van der Waals surface area contributed by atoms with Gasteiger partial charge >= 0.3 is 18.9 Å². The van der Waals surface area contributed by atoms with Crippen molar-refractivity contribution in [2.45, 2.75) is 110 Å². The lowest BCUT2D eigenvalue weighted by Gasteiger charge is -2.64. The first-order valence-electron chi connectivity index (χ1n) is 24.8. The molecular weight excluding hydrogens is 903 g/mol. The van der Waals surface area contributed by atoms with Crippen LogP contribution in [-0.4, -0.2) is 115 Å². The number of carbonyl (C=O) groups is 3. The molecule has 6 atom stereocenters. The van der Waals surface area contributed by atoms with E-state index in [9.17, 15) is 29.4 Å². The van der Waals surface area contributed by atoms with Gasteiger partial charge in [-0.15, -0.1) is 0 Å². The molecule has 2 bridgehead atoms. The summed E-state index contributed by atoms with van der Waals surface area (Å²) in [6, 6.07) is 20.4. The Morgan fingerprint density at radius 2 is 1.63 bits per heavy atom. The van der Waals surface area contributed by atoms with Crippen molar-refractivity contribution in [2.24, 2.45) is 23.2 Å². The average molecular weight is 969 g/mol. The lowest BCUT2D eigenvalue weighted by atomic mass is 9.43. The van der Waals surface area contributed by atoms with Gasteiger partial charge < -0.3 is 39.8 Å². The lowest BCUT2D eigenvalue weighted by molar-refractivity contribution is -0.199. The van der Waals surface area contributed by atoms with Crippen LogP contribution in [0, 0.1) is 23.2 Å². The quantitative estimate of drug-likeness (QED) is 0.0702. The first-order valence-corrected chi connectivity index (χ1v) is 24.8. The van der Waals surface area contributed by atoms with Crippen LogP contribution in [0.2, 0.25) is 0 Å². The van der Waals surface area contributed by atoms with Gasteiger partial charge in [-0.05, 0) is 96.2 Å². The summed E-state index contributed by atoms with van der Waals surface area (Å²) >= 11 is 0. The van der Waals surface area contributed by atoms with Gasteiger partial charge in [0.2, 0.25) is 5.91 Å². The van der Waals surface area contributed by atoms with Crippen molar-refractivity contribution in [3.05, 3.63) is 118 Å². The largest absolute Gasteiger partial charge is 0.508 e. The van der Waals surface area contributed by atoms with Gasteiger partial charge in [0.1, 0.15) is 17.5 Å². The van der Waals surface area contributed by atoms with Crippen molar-refractivity contribution >= 4 is 25.0 Å². The van der Waals surface area contributed by atoms with E-state index in [1.807, 2.05) is 68.4 Å². The summed E-state index contributed by atoms with van der Waals surface area (Å²) in [5.74, 6) is -0.103. The second-order valence-corrected chi connectivity index (χ2v) is 21.3. The first kappa shape index (κ1) is 49.5. The van der Waals surface area contributed by atoms with Gasteiger partial charge in [-0.1, -0.05) is 84.0 Å². The molecule has 2 aliphatic heterocycles. The maximum atomic E-state index is 14.4. The van der Waals surface area contributed by atoms with Crippen LogP contribution in [0.1, 0.15) is 101 Å². The molecule has 0 spiro atoms. The second kappa shape index (κ2) is 20.0. The SMILES string of the molecule is CC(C)C[C@H](NC(=O)C(Cc1ccccc1)NC(=O)c1cncc(OC(=O)N2CCN(Cc3ccc(-n4c(-c5cc(C(C)C)c(O)cc5O)n[nH]c4=O)cc3)CC2)c1)B1O[C@@H]2C[C@@H]3C[C@@H](C3(C)C)[C@]2(C)O1. The molecule has 3 aromatic carbocycles. The van der Waals surface area contributed by atoms with Crippen LogP contribution in [-0.2, 0) is 27.1 Å². The van der Waals surface area contributed by atoms with Crippen molar-refractivity contribution in [1.29, 1.82) is 0 Å². The van der Waals surface area contributed by atoms with Crippen molar-refractivity contribution in [3.8, 4) is 34.3 Å². The number of pyridine rings is 1. The number of rotatable bonds is 15. The molecule has 17 nitrogen and oxygen atoms in total. The Morgan fingerprint density at radius 3 is 2.32 bits per heavy atom. The maximum absolute atomic E-state index is 14.4. The number of aromatic amines is 1. The summed E-state index contributed by atoms with van der Waals surface area (Å²) in [5, 5.41) is 33.9. The van der Waals surface area contributed by atoms with Gasteiger partial charge in [0.25, 0.3) is 5.91 Å². The molecule has 4 heterocycles. The summed E-state index contributed by atoms with van der Waals surface area (Å²) in [5.41, 5.74) is 2.72. The van der Waals surface area contributed by atoms with E-state index >= 15 is 0 Å². The molecule has 1 unspecified atom stereocenters. The zero-order valence-electron chi connectivity index (χ0n) is 41.6. The number of benzene rings is 3. The molecule has 5 aromatic rings. The predicted octanol–water partition coefficient (Wildman–Crippen LogP) is 6.61. The Labute approximate surface area is 414 Å². The average Bonchev–Trinajstić information content (AvgIpc) is 3.91. The smallest absolute Gasteiger partial charge is 0.481 e. The first-order chi connectivity index (χ1) is 33.9. The number of carbonyl (C=O) groups excluding carboxylic acids is 3. The molecule has 5 aliphatic rings. The molecule has 5 N–H and O–H groups in total. The second-order valence-electron chi connectivity index (χ2n) is 21.3. The Kier molecular flexibility index (Phi) is 13.9. The number of aromatic hydroxyl groups is 2. The Bertz CT molecular complexity index is 2810. The fraction of sp³-hybridized carbons (Fsp3) is 0.472. The van der Waals surface area contributed by atoms with Gasteiger partial charge in [0.15, 0.2) is 11.6 Å². The Balaban J connectivity index is 0.804. The minimum Gasteiger partial charge on any atom is -0.508 e. The highest BCUT2D eigenvalue weighted by molar-refractivity contribution is 6.48. The summed E-state index contributed by atoms with van der Waals surface area (Å²) in [6.07, 6.45) is 5.05. The van der Waals surface area contributed by atoms with E-state index in [2.05, 4.69) is 65.3 Å². The van der Waals surface area contributed by atoms with Crippen LogP contribution in [0.5, 0.6) is 17.2 Å². The van der Waals surface area contributed by atoms with Crippen molar-refractivity contribution in [2.75, 3.05) is 26.2 Å².